The minimum Gasteiger partial charge on any atom is -0.332 e. The molecule has 3 rings (SSSR count). The standard InChI is InChI=1S/C17H15N3OS/c1-11-7-8-14-13(9-11)15(10-16(21)19-14)20-17(22)18-12-5-3-2-4-6-12/h2-10H,1H3,(H3,18,19,20,21,22). The molecule has 0 unspecified atom stereocenters. The first-order valence-corrected chi connectivity index (χ1v) is 7.29. The molecule has 5 heteroatoms. The SMILES string of the molecule is Cc1ccc2[nH]c(=O)cc(NC(=S)Nc3ccccc3)c2c1. The molecule has 0 aliphatic heterocycles. The van der Waals surface area contributed by atoms with Crippen LogP contribution in [0.5, 0.6) is 0 Å². The van der Waals surface area contributed by atoms with Crippen molar-refractivity contribution in [3.05, 3.63) is 70.5 Å². The van der Waals surface area contributed by atoms with E-state index in [1.165, 1.54) is 6.07 Å². The highest BCUT2D eigenvalue weighted by Gasteiger charge is 2.06. The monoisotopic (exact) mass is 309 g/mol. The lowest BCUT2D eigenvalue weighted by atomic mass is 10.1. The molecule has 0 fully saturated rings. The van der Waals surface area contributed by atoms with Gasteiger partial charge in [-0.3, -0.25) is 4.79 Å². The molecule has 0 spiro atoms. The summed E-state index contributed by atoms with van der Waals surface area (Å²) in [5, 5.41) is 7.57. The van der Waals surface area contributed by atoms with E-state index in [1.54, 1.807) is 0 Å². The third-order valence-electron chi connectivity index (χ3n) is 3.28. The molecule has 22 heavy (non-hydrogen) atoms. The van der Waals surface area contributed by atoms with E-state index in [-0.39, 0.29) is 5.56 Å². The Morgan fingerprint density at radius 3 is 2.59 bits per heavy atom. The van der Waals surface area contributed by atoms with E-state index in [9.17, 15) is 4.79 Å². The van der Waals surface area contributed by atoms with Crippen LogP contribution in [0.3, 0.4) is 0 Å². The van der Waals surface area contributed by atoms with Gasteiger partial charge in [0.25, 0.3) is 0 Å². The maximum absolute atomic E-state index is 11.8. The Kier molecular flexibility index (Phi) is 3.89. The van der Waals surface area contributed by atoms with Gasteiger partial charge in [-0.25, -0.2) is 0 Å². The molecule has 1 aromatic heterocycles. The summed E-state index contributed by atoms with van der Waals surface area (Å²) in [7, 11) is 0. The van der Waals surface area contributed by atoms with Gasteiger partial charge >= 0.3 is 0 Å². The molecule has 0 radical (unpaired) electrons. The number of benzene rings is 2. The fraction of sp³-hybridized carbons (Fsp3) is 0.0588. The first kappa shape index (κ1) is 14.3. The summed E-state index contributed by atoms with van der Waals surface area (Å²) in [5.74, 6) is 0. The third-order valence-corrected chi connectivity index (χ3v) is 3.48. The van der Waals surface area contributed by atoms with Gasteiger partial charge in [0.2, 0.25) is 5.56 Å². The molecule has 2 aromatic carbocycles. The van der Waals surface area contributed by atoms with Crippen molar-refractivity contribution >= 4 is 39.6 Å². The predicted molar refractivity (Wildman–Crippen MR) is 95.6 cm³/mol. The van der Waals surface area contributed by atoms with Gasteiger partial charge in [-0.15, -0.1) is 0 Å². The Balaban J connectivity index is 1.91. The second-order valence-electron chi connectivity index (χ2n) is 5.04. The van der Waals surface area contributed by atoms with Crippen LogP contribution >= 0.6 is 12.2 Å². The number of para-hydroxylation sites is 1. The zero-order valence-electron chi connectivity index (χ0n) is 12.0. The van der Waals surface area contributed by atoms with Crippen LogP contribution in [-0.4, -0.2) is 10.1 Å². The third kappa shape index (κ3) is 3.15. The van der Waals surface area contributed by atoms with Crippen LogP contribution in [0.4, 0.5) is 11.4 Å². The average molecular weight is 309 g/mol. The molecule has 3 aromatic rings. The van der Waals surface area contributed by atoms with E-state index in [2.05, 4.69) is 15.6 Å². The fourth-order valence-electron chi connectivity index (χ4n) is 2.28. The number of aromatic amines is 1. The number of nitrogens with one attached hydrogen (secondary N) is 3. The van der Waals surface area contributed by atoms with Crippen molar-refractivity contribution in [2.75, 3.05) is 10.6 Å². The number of hydrogen-bond acceptors (Lipinski definition) is 2. The van der Waals surface area contributed by atoms with Gasteiger partial charge in [0, 0.05) is 17.1 Å². The molecule has 0 atom stereocenters. The van der Waals surface area contributed by atoms with E-state index in [1.807, 2.05) is 55.5 Å². The van der Waals surface area contributed by atoms with Crippen LogP contribution in [0.25, 0.3) is 10.9 Å². The zero-order valence-corrected chi connectivity index (χ0v) is 12.8. The predicted octanol–water partition coefficient (Wildman–Crippen LogP) is 3.65. The quantitative estimate of drug-likeness (QED) is 0.633. The van der Waals surface area contributed by atoms with Crippen molar-refractivity contribution in [2.24, 2.45) is 0 Å². The summed E-state index contributed by atoms with van der Waals surface area (Å²) < 4.78 is 0. The van der Waals surface area contributed by atoms with Crippen molar-refractivity contribution in [3.8, 4) is 0 Å². The fourth-order valence-corrected chi connectivity index (χ4v) is 2.50. The second kappa shape index (κ2) is 5.99. The first-order valence-electron chi connectivity index (χ1n) is 6.88. The van der Waals surface area contributed by atoms with E-state index in [4.69, 9.17) is 12.2 Å². The Bertz CT molecular complexity index is 887. The number of thiocarbonyl (C=S) groups is 1. The zero-order chi connectivity index (χ0) is 15.5. The highest BCUT2D eigenvalue weighted by molar-refractivity contribution is 7.80. The lowest BCUT2D eigenvalue weighted by molar-refractivity contribution is 1.30. The minimum absolute atomic E-state index is 0.165. The number of hydrogen-bond donors (Lipinski definition) is 3. The van der Waals surface area contributed by atoms with Gasteiger partial charge in [-0.05, 0) is 43.4 Å². The molecule has 0 amide bonds. The molecule has 0 aliphatic carbocycles. The molecular formula is C17H15N3OS. The molecule has 0 saturated heterocycles. The number of pyridine rings is 1. The van der Waals surface area contributed by atoms with Crippen molar-refractivity contribution in [1.29, 1.82) is 0 Å². The maximum Gasteiger partial charge on any atom is 0.250 e. The lowest BCUT2D eigenvalue weighted by Crippen LogP contribution is -2.20. The highest BCUT2D eigenvalue weighted by atomic mass is 32.1. The van der Waals surface area contributed by atoms with Crippen molar-refractivity contribution in [2.45, 2.75) is 6.92 Å². The van der Waals surface area contributed by atoms with Gasteiger partial charge in [-0.1, -0.05) is 29.8 Å². The van der Waals surface area contributed by atoms with Gasteiger partial charge in [0.15, 0.2) is 5.11 Å². The van der Waals surface area contributed by atoms with Crippen LogP contribution in [0.2, 0.25) is 0 Å². The second-order valence-corrected chi connectivity index (χ2v) is 5.45. The number of rotatable bonds is 2. The Labute approximate surface area is 133 Å². The molecule has 0 saturated carbocycles. The number of fused-ring (bicyclic) bond motifs is 1. The van der Waals surface area contributed by atoms with E-state index in [0.29, 0.717) is 10.8 Å². The maximum atomic E-state index is 11.8. The van der Waals surface area contributed by atoms with Crippen molar-refractivity contribution in [1.82, 2.24) is 4.98 Å². The first-order chi connectivity index (χ1) is 10.6. The van der Waals surface area contributed by atoms with Crippen LogP contribution in [-0.2, 0) is 0 Å². The molecule has 3 N–H and O–H groups in total. The number of aryl methyl sites for hydroxylation is 1. The highest BCUT2D eigenvalue weighted by Crippen LogP contribution is 2.21. The Morgan fingerprint density at radius 1 is 1.05 bits per heavy atom. The van der Waals surface area contributed by atoms with Gasteiger partial charge in [0.05, 0.1) is 11.2 Å². The summed E-state index contributed by atoms with van der Waals surface area (Å²) in [6.45, 7) is 2.01. The molecule has 0 aliphatic rings. The summed E-state index contributed by atoms with van der Waals surface area (Å²) in [5.41, 5.74) is 3.32. The lowest BCUT2D eigenvalue weighted by Gasteiger charge is -2.12. The Morgan fingerprint density at radius 2 is 1.82 bits per heavy atom. The van der Waals surface area contributed by atoms with Crippen molar-refractivity contribution < 1.29 is 0 Å². The van der Waals surface area contributed by atoms with Crippen LogP contribution in [0.1, 0.15) is 5.56 Å². The van der Waals surface area contributed by atoms with Gasteiger partial charge in [0.1, 0.15) is 0 Å². The normalized spacial score (nSPS) is 10.4. The Hall–Kier alpha value is -2.66. The molecule has 110 valence electrons. The van der Waals surface area contributed by atoms with Crippen LogP contribution in [0, 0.1) is 6.92 Å². The van der Waals surface area contributed by atoms with E-state index >= 15 is 0 Å². The van der Waals surface area contributed by atoms with Crippen LogP contribution in [0.15, 0.2) is 59.4 Å². The topological polar surface area (TPSA) is 56.9 Å². The summed E-state index contributed by atoms with van der Waals surface area (Å²) in [4.78, 5) is 14.6. The minimum atomic E-state index is -0.165. The van der Waals surface area contributed by atoms with Gasteiger partial charge in [-0.2, -0.15) is 0 Å². The summed E-state index contributed by atoms with van der Waals surface area (Å²) in [6, 6.07) is 17.0. The van der Waals surface area contributed by atoms with Crippen molar-refractivity contribution in [3.63, 3.8) is 0 Å². The van der Waals surface area contributed by atoms with E-state index < -0.39 is 0 Å². The number of H-pyrrole nitrogens is 1. The number of aromatic nitrogens is 1. The average Bonchev–Trinajstić information content (AvgIpc) is 2.49. The number of anilines is 2. The molecule has 1 heterocycles. The molecule has 0 bridgehead atoms. The van der Waals surface area contributed by atoms with E-state index in [0.717, 1.165) is 22.2 Å². The summed E-state index contributed by atoms with van der Waals surface area (Å²) in [6.07, 6.45) is 0. The van der Waals surface area contributed by atoms with Gasteiger partial charge < -0.3 is 15.6 Å². The molecule has 4 nitrogen and oxygen atoms in total. The van der Waals surface area contributed by atoms with Crippen LogP contribution < -0.4 is 16.2 Å². The summed E-state index contributed by atoms with van der Waals surface area (Å²) >= 11 is 5.32. The molecular weight excluding hydrogens is 294 g/mol. The largest absolute Gasteiger partial charge is 0.332 e. The smallest absolute Gasteiger partial charge is 0.250 e.